The first-order valence-electron chi connectivity index (χ1n) is 11.7. The van der Waals surface area contributed by atoms with Gasteiger partial charge < -0.3 is 14.0 Å². The fourth-order valence-electron chi connectivity index (χ4n) is 3.46. The molecule has 0 amide bonds. The number of nitro groups is 1. The van der Waals surface area contributed by atoms with E-state index in [1.54, 1.807) is 37.3 Å². The van der Waals surface area contributed by atoms with Crippen LogP contribution in [0.4, 0.5) is 5.69 Å². The van der Waals surface area contributed by atoms with Crippen molar-refractivity contribution < 1.29 is 19.2 Å². The fraction of sp³-hybridized carbons (Fsp3) is 0.222. The molecular formula is C27H26Cl2N4O5S. The number of ether oxygens (including phenoxy) is 2. The highest BCUT2D eigenvalue weighted by Crippen LogP contribution is 2.37. The van der Waals surface area contributed by atoms with Crippen LogP contribution in [0.2, 0.25) is 10.0 Å². The first-order valence-corrected chi connectivity index (χ1v) is 13.2. The van der Waals surface area contributed by atoms with Gasteiger partial charge in [-0.25, -0.2) is 4.98 Å². The van der Waals surface area contributed by atoms with Gasteiger partial charge in [0.15, 0.2) is 0 Å². The maximum atomic E-state index is 10.2. The monoisotopic (exact) mass is 588 g/mol. The van der Waals surface area contributed by atoms with Gasteiger partial charge in [0.25, 0.3) is 12.2 Å². The summed E-state index contributed by atoms with van der Waals surface area (Å²) < 4.78 is 12.0. The van der Waals surface area contributed by atoms with Crippen LogP contribution in [-0.2, 0) is 22.7 Å². The molecule has 9 nitrogen and oxygen atoms in total. The number of nitro benzene ring substituents is 1. The minimum absolute atomic E-state index is 0.0340. The van der Waals surface area contributed by atoms with Crippen LogP contribution in [0.1, 0.15) is 36.8 Å². The lowest BCUT2D eigenvalue weighted by Crippen LogP contribution is -2.07. The molecule has 2 aromatic heterocycles. The number of rotatable bonds is 10. The lowest BCUT2D eigenvalue weighted by molar-refractivity contribution is -0.384. The number of aromatic nitrogens is 3. The number of carbonyl (C=O) groups is 1. The molecule has 0 spiro atoms. The Morgan fingerprint density at radius 3 is 2.26 bits per heavy atom. The molecule has 0 atom stereocenters. The molecule has 0 aliphatic heterocycles. The molecule has 4 rings (SSSR count). The molecule has 0 radical (unpaired) electrons. The summed E-state index contributed by atoms with van der Waals surface area (Å²) in [5, 5.41) is 12.5. The van der Waals surface area contributed by atoms with Gasteiger partial charge in [-0.15, -0.1) is 0 Å². The Balaban J connectivity index is 0.000000293. The van der Waals surface area contributed by atoms with Gasteiger partial charge in [-0.1, -0.05) is 48.8 Å². The van der Waals surface area contributed by atoms with E-state index in [0.717, 1.165) is 27.0 Å². The Labute approximate surface area is 240 Å². The number of non-ortho nitro benzene ring substituents is 1. The summed E-state index contributed by atoms with van der Waals surface area (Å²) >= 11 is 14.0. The Morgan fingerprint density at radius 1 is 1.08 bits per heavy atom. The summed E-state index contributed by atoms with van der Waals surface area (Å²) in [6, 6.07) is 14.8. The normalized spacial score (nSPS) is 10.6. The number of pyridine rings is 1. The van der Waals surface area contributed by atoms with E-state index in [2.05, 4.69) is 28.1 Å². The predicted molar refractivity (Wildman–Crippen MR) is 151 cm³/mol. The van der Waals surface area contributed by atoms with Gasteiger partial charge in [0.2, 0.25) is 0 Å². The van der Waals surface area contributed by atoms with E-state index in [9.17, 15) is 14.9 Å². The Kier molecular flexibility index (Phi) is 11.3. The van der Waals surface area contributed by atoms with Gasteiger partial charge in [0.05, 0.1) is 17.2 Å². The third kappa shape index (κ3) is 8.79. The maximum Gasteiger partial charge on any atom is 0.298 e. The van der Waals surface area contributed by atoms with E-state index in [0.29, 0.717) is 23.2 Å². The lowest BCUT2D eigenvalue weighted by Gasteiger charge is -2.13. The predicted octanol–water partition coefficient (Wildman–Crippen LogP) is 7.18. The largest absolute Gasteiger partial charge is 0.429 e. The van der Waals surface area contributed by atoms with Crippen LogP contribution in [-0.4, -0.2) is 33.0 Å². The zero-order valence-corrected chi connectivity index (χ0v) is 23.7. The van der Waals surface area contributed by atoms with Crippen LogP contribution in [0.15, 0.2) is 76.9 Å². The summed E-state index contributed by atoms with van der Waals surface area (Å²) in [6.45, 7) is 5.69. The number of nitrogens with zero attached hydrogens (tertiary/aromatic N) is 4. The van der Waals surface area contributed by atoms with Crippen molar-refractivity contribution in [2.75, 3.05) is 7.11 Å². The summed E-state index contributed by atoms with van der Waals surface area (Å²) in [7, 11) is 1.68. The smallest absolute Gasteiger partial charge is 0.298 e. The standard InChI is InChI=1S/C20H21Cl2N3OS.C7H5NO4/c1-13(2)19-20(27-17-9-15(21)8-16(22)10-17)25(18(24-19)12-26-3)11-14-4-6-23-7-5-14;9-5-12-7-3-1-6(2-4-7)8(10)11/h4-10,13H,11-12H2,1-3H3;1-5H. The van der Waals surface area contributed by atoms with Crippen LogP contribution < -0.4 is 4.74 Å². The Bertz CT molecular complexity index is 1380. The Hall–Kier alpha value is -3.44. The maximum absolute atomic E-state index is 10.2. The van der Waals surface area contributed by atoms with E-state index >= 15 is 0 Å². The van der Waals surface area contributed by atoms with Crippen molar-refractivity contribution >= 4 is 47.1 Å². The molecule has 204 valence electrons. The van der Waals surface area contributed by atoms with Crippen molar-refractivity contribution in [2.45, 2.75) is 42.8 Å². The molecule has 0 unspecified atom stereocenters. The molecule has 39 heavy (non-hydrogen) atoms. The molecule has 0 fully saturated rings. The van der Waals surface area contributed by atoms with Gasteiger partial charge in [-0.3, -0.25) is 19.9 Å². The second-order valence-corrected chi connectivity index (χ2v) is 10.4. The fourth-order valence-corrected chi connectivity index (χ4v) is 5.38. The van der Waals surface area contributed by atoms with Crippen molar-refractivity contribution in [3.63, 3.8) is 0 Å². The first-order chi connectivity index (χ1) is 18.7. The van der Waals surface area contributed by atoms with E-state index < -0.39 is 4.92 Å². The van der Waals surface area contributed by atoms with Crippen molar-refractivity contribution in [1.82, 2.24) is 14.5 Å². The van der Waals surface area contributed by atoms with Crippen LogP contribution in [0.5, 0.6) is 5.75 Å². The minimum atomic E-state index is -0.523. The van der Waals surface area contributed by atoms with Crippen LogP contribution in [0.3, 0.4) is 0 Å². The van der Waals surface area contributed by atoms with Gasteiger partial charge in [-0.2, -0.15) is 0 Å². The SMILES string of the molecule is COCc1nc(C(C)C)c(Sc2cc(Cl)cc(Cl)c2)n1Cc1ccncc1.O=COc1ccc([N+](=O)[O-])cc1. The van der Waals surface area contributed by atoms with Gasteiger partial charge >= 0.3 is 0 Å². The second-order valence-electron chi connectivity index (χ2n) is 8.42. The van der Waals surface area contributed by atoms with E-state index in [1.807, 2.05) is 24.3 Å². The van der Waals surface area contributed by atoms with Gasteiger partial charge in [0.1, 0.15) is 23.2 Å². The number of methoxy groups -OCH3 is 1. The molecule has 12 heteroatoms. The molecule has 4 aromatic rings. The van der Waals surface area contributed by atoms with Crippen molar-refractivity contribution in [3.8, 4) is 5.75 Å². The molecule has 0 N–H and O–H groups in total. The topological polar surface area (TPSA) is 109 Å². The third-order valence-electron chi connectivity index (χ3n) is 5.22. The lowest BCUT2D eigenvalue weighted by atomic mass is 10.1. The second kappa shape index (κ2) is 14.6. The summed E-state index contributed by atoms with van der Waals surface area (Å²) in [5.41, 5.74) is 2.16. The van der Waals surface area contributed by atoms with Crippen molar-refractivity contribution in [3.05, 3.63) is 104 Å². The number of carbonyl (C=O) groups excluding carboxylic acids is 1. The summed E-state index contributed by atoms with van der Waals surface area (Å²) in [6.07, 6.45) is 3.60. The number of hydrogen-bond acceptors (Lipinski definition) is 8. The highest BCUT2D eigenvalue weighted by molar-refractivity contribution is 7.99. The number of imidazole rings is 1. The molecule has 2 aromatic carbocycles. The highest BCUT2D eigenvalue weighted by Gasteiger charge is 2.21. The zero-order chi connectivity index (χ0) is 28.4. The molecule has 0 aliphatic rings. The minimum Gasteiger partial charge on any atom is -0.429 e. The molecule has 0 aliphatic carbocycles. The molecular weight excluding hydrogens is 563 g/mol. The van der Waals surface area contributed by atoms with E-state index in [1.165, 1.54) is 24.3 Å². The molecule has 0 saturated carbocycles. The number of halogens is 2. The Morgan fingerprint density at radius 2 is 1.72 bits per heavy atom. The quantitative estimate of drug-likeness (QED) is 0.109. The summed E-state index contributed by atoms with van der Waals surface area (Å²) in [4.78, 5) is 29.4. The molecule has 2 heterocycles. The van der Waals surface area contributed by atoms with Crippen molar-refractivity contribution in [1.29, 1.82) is 0 Å². The average molecular weight is 590 g/mol. The average Bonchev–Trinajstić information content (AvgIpc) is 3.22. The first kappa shape index (κ1) is 30.1. The zero-order valence-electron chi connectivity index (χ0n) is 21.4. The van der Waals surface area contributed by atoms with E-state index in [-0.39, 0.29) is 23.8 Å². The number of hydrogen-bond donors (Lipinski definition) is 0. The van der Waals surface area contributed by atoms with Gasteiger partial charge in [0, 0.05) is 46.6 Å². The number of benzene rings is 2. The van der Waals surface area contributed by atoms with E-state index in [4.69, 9.17) is 32.9 Å². The van der Waals surface area contributed by atoms with Crippen molar-refractivity contribution in [2.24, 2.45) is 0 Å². The summed E-state index contributed by atoms with van der Waals surface area (Å²) in [5.74, 6) is 1.46. The third-order valence-corrected chi connectivity index (χ3v) is 6.75. The molecule has 0 saturated heterocycles. The van der Waals surface area contributed by atoms with Crippen LogP contribution >= 0.6 is 35.0 Å². The van der Waals surface area contributed by atoms with Gasteiger partial charge in [-0.05, 0) is 53.9 Å². The van der Waals surface area contributed by atoms with Crippen LogP contribution in [0, 0.1) is 10.1 Å². The van der Waals surface area contributed by atoms with Crippen LogP contribution in [0.25, 0.3) is 0 Å². The highest BCUT2D eigenvalue weighted by atomic mass is 35.5. The molecule has 0 bridgehead atoms.